The molecule has 1 aliphatic heterocycles. The summed E-state index contributed by atoms with van der Waals surface area (Å²) in [5.41, 5.74) is 3.98. The average molecular weight is 280 g/mol. The predicted octanol–water partition coefficient (Wildman–Crippen LogP) is 2.17. The Balaban J connectivity index is 2.07. The third-order valence-electron chi connectivity index (χ3n) is 3.64. The molecule has 2 atom stereocenters. The summed E-state index contributed by atoms with van der Waals surface area (Å²) in [5.74, 6) is 7.29. The lowest BCUT2D eigenvalue weighted by Gasteiger charge is -2.19. The van der Waals surface area contributed by atoms with Gasteiger partial charge in [0.25, 0.3) is 0 Å². The van der Waals surface area contributed by atoms with E-state index in [1.165, 1.54) is 0 Å². The maximum absolute atomic E-state index is 5.71. The zero-order chi connectivity index (χ0) is 14.4. The smallest absolute Gasteiger partial charge is 0.161 e. The van der Waals surface area contributed by atoms with Crippen molar-refractivity contribution in [3.05, 3.63) is 23.8 Å². The minimum atomic E-state index is 0.0877. The standard InChI is InChI=1S/C15H24N2O3/c1-11(18-2)4-6-13(17-16)12-5-7-14-15(10-12)20-9-3-8-19-14/h5,7,10-11,13,17H,3-4,6,8-9,16H2,1-2H3. The summed E-state index contributed by atoms with van der Waals surface area (Å²) in [6.45, 7) is 3.45. The molecule has 2 unspecified atom stereocenters. The van der Waals surface area contributed by atoms with Crippen molar-refractivity contribution in [3.8, 4) is 11.5 Å². The molecule has 5 nitrogen and oxygen atoms in total. The number of hydrogen-bond donors (Lipinski definition) is 2. The molecule has 1 aromatic rings. The molecule has 0 aliphatic carbocycles. The molecule has 0 saturated heterocycles. The summed E-state index contributed by atoms with van der Waals surface area (Å²) < 4.78 is 16.6. The number of fused-ring (bicyclic) bond motifs is 1. The molecule has 3 N–H and O–H groups in total. The van der Waals surface area contributed by atoms with Gasteiger partial charge >= 0.3 is 0 Å². The van der Waals surface area contributed by atoms with Gasteiger partial charge in [-0.05, 0) is 37.5 Å². The molecule has 0 radical (unpaired) electrons. The van der Waals surface area contributed by atoms with Crippen LogP contribution in [0.3, 0.4) is 0 Å². The fourth-order valence-corrected chi connectivity index (χ4v) is 2.26. The number of benzene rings is 1. The average Bonchev–Trinajstić information content (AvgIpc) is 2.72. The molecule has 0 aromatic heterocycles. The SMILES string of the molecule is COC(C)CCC(NN)c1ccc2c(c1)OCCCO2. The Kier molecular flexibility index (Phi) is 5.64. The highest BCUT2D eigenvalue weighted by molar-refractivity contribution is 5.44. The van der Waals surface area contributed by atoms with Gasteiger partial charge in [0.2, 0.25) is 0 Å². The summed E-state index contributed by atoms with van der Waals surface area (Å²) in [6, 6.07) is 6.10. The minimum absolute atomic E-state index is 0.0877. The number of hydrogen-bond acceptors (Lipinski definition) is 5. The van der Waals surface area contributed by atoms with Crippen LogP contribution in [0, 0.1) is 0 Å². The number of ether oxygens (including phenoxy) is 3. The second-order valence-corrected chi connectivity index (χ2v) is 5.10. The number of rotatable bonds is 6. The van der Waals surface area contributed by atoms with Gasteiger partial charge in [-0.15, -0.1) is 0 Å². The molecule has 0 amide bonds. The fraction of sp³-hybridized carbons (Fsp3) is 0.600. The molecular formula is C15H24N2O3. The highest BCUT2D eigenvalue weighted by Gasteiger charge is 2.16. The van der Waals surface area contributed by atoms with Crippen molar-refractivity contribution in [1.82, 2.24) is 5.43 Å². The second-order valence-electron chi connectivity index (χ2n) is 5.10. The van der Waals surface area contributed by atoms with Crippen LogP contribution in [-0.2, 0) is 4.74 Å². The van der Waals surface area contributed by atoms with Gasteiger partial charge < -0.3 is 14.2 Å². The molecule has 5 heteroatoms. The molecular weight excluding hydrogens is 256 g/mol. The summed E-state index contributed by atoms with van der Waals surface area (Å²) in [5, 5.41) is 0. The van der Waals surface area contributed by atoms with Gasteiger partial charge in [-0.3, -0.25) is 11.3 Å². The van der Waals surface area contributed by atoms with Crippen molar-refractivity contribution in [3.63, 3.8) is 0 Å². The van der Waals surface area contributed by atoms with E-state index in [0.29, 0.717) is 13.2 Å². The first-order valence-corrected chi connectivity index (χ1v) is 7.13. The first-order chi connectivity index (χ1) is 9.74. The quantitative estimate of drug-likeness (QED) is 0.617. The highest BCUT2D eigenvalue weighted by Crippen LogP contribution is 2.33. The molecule has 0 spiro atoms. The normalized spacial score (nSPS) is 17.4. The summed E-state index contributed by atoms with van der Waals surface area (Å²) in [6.07, 6.45) is 2.99. The van der Waals surface area contributed by atoms with E-state index in [9.17, 15) is 0 Å². The monoisotopic (exact) mass is 280 g/mol. The topological polar surface area (TPSA) is 65.7 Å². The third kappa shape index (κ3) is 3.85. The molecule has 1 aromatic carbocycles. The lowest BCUT2D eigenvalue weighted by Crippen LogP contribution is -2.28. The van der Waals surface area contributed by atoms with Crippen LogP contribution in [0.5, 0.6) is 11.5 Å². The Morgan fingerprint density at radius 2 is 2.00 bits per heavy atom. The van der Waals surface area contributed by atoms with Gasteiger partial charge in [0, 0.05) is 19.6 Å². The Morgan fingerprint density at radius 3 is 2.70 bits per heavy atom. The molecule has 20 heavy (non-hydrogen) atoms. The fourth-order valence-electron chi connectivity index (χ4n) is 2.26. The molecule has 2 rings (SSSR count). The van der Waals surface area contributed by atoms with E-state index < -0.39 is 0 Å². The molecule has 1 heterocycles. The highest BCUT2D eigenvalue weighted by atomic mass is 16.5. The van der Waals surface area contributed by atoms with Gasteiger partial charge in [0.05, 0.1) is 19.3 Å². The van der Waals surface area contributed by atoms with Crippen molar-refractivity contribution in [1.29, 1.82) is 0 Å². The Morgan fingerprint density at radius 1 is 1.25 bits per heavy atom. The van der Waals surface area contributed by atoms with Crippen molar-refractivity contribution in [2.45, 2.75) is 38.3 Å². The van der Waals surface area contributed by atoms with Gasteiger partial charge in [0.15, 0.2) is 11.5 Å². The Hall–Kier alpha value is -1.30. The number of nitrogens with one attached hydrogen (secondary N) is 1. The Labute approximate surface area is 120 Å². The van der Waals surface area contributed by atoms with Crippen LogP contribution in [-0.4, -0.2) is 26.4 Å². The van der Waals surface area contributed by atoms with Gasteiger partial charge in [-0.2, -0.15) is 0 Å². The van der Waals surface area contributed by atoms with Crippen LogP contribution in [0.25, 0.3) is 0 Å². The largest absolute Gasteiger partial charge is 0.490 e. The van der Waals surface area contributed by atoms with E-state index in [1.54, 1.807) is 7.11 Å². The molecule has 112 valence electrons. The number of nitrogens with two attached hydrogens (primary N) is 1. The second kappa shape index (κ2) is 7.47. The lowest BCUT2D eigenvalue weighted by molar-refractivity contribution is 0.106. The third-order valence-corrected chi connectivity index (χ3v) is 3.64. The van der Waals surface area contributed by atoms with Crippen LogP contribution in [0.1, 0.15) is 37.8 Å². The van der Waals surface area contributed by atoms with Crippen LogP contribution >= 0.6 is 0 Å². The van der Waals surface area contributed by atoms with E-state index in [1.807, 2.05) is 18.2 Å². The van der Waals surface area contributed by atoms with E-state index in [-0.39, 0.29) is 12.1 Å². The number of hydrazine groups is 1. The predicted molar refractivity (Wildman–Crippen MR) is 77.8 cm³/mol. The zero-order valence-corrected chi connectivity index (χ0v) is 12.2. The van der Waals surface area contributed by atoms with Crippen LogP contribution < -0.4 is 20.7 Å². The summed E-state index contributed by atoms with van der Waals surface area (Å²) in [7, 11) is 1.73. The van der Waals surface area contributed by atoms with Gasteiger partial charge in [-0.25, -0.2) is 0 Å². The van der Waals surface area contributed by atoms with E-state index in [4.69, 9.17) is 20.1 Å². The van der Waals surface area contributed by atoms with Crippen molar-refractivity contribution < 1.29 is 14.2 Å². The molecule has 0 fully saturated rings. The van der Waals surface area contributed by atoms with E-state index in [2.05, 4.69) is 12.3 Å². The van der Waals surface area contributed by atoms with Crippen molar-refractivity contribution in [2.24, 2.45) is 5.84 Å². The van der Waals surface area contributed by atoms with Crippen LogP contribution in [0.15, 0.2) is 18.2 Å². The zero-order valence-electron chi connectivity index (χ0n) is 12.2. The van der Waals surface area contributed by atoms with Gasteiger partial charge in [0.1, 0.15) is 0 Å². The Bertz CT molecular complexity index is 426. The van der Waals surface area contributed by atoms with Crippen LogP contribution in [0.4, 0.5) is 0 Å². The maximum Gasteiger partial charge on any atom is 0.161 e. The molecule has 1 aliphatic rings. The van der Waals surface area contributed by atoms with E-state index >= 15 is 0 Å². The summed E-state index contributed by atoms with van der Waals surface area (Å²) in [4.78, 5) is 0. The summed E-state index contributed by atoms with van der Waals surface area (Å²) >= 11 is 0. The van der Waals surface area contributed by atoms with Gasteiger partial charge in [-0.1, -0.05) is 6.07 Å². The lowest BCUT2D eigenvalue weighted by atomic mass is 10.0. The van der Waals surface area contributed by atoms with Crippen LogP contribution in [0.2, 0.25) is 0 Å². The number of methoxy groups -OCH3 is 1. The first kappa shape index (κ1) is 15.1. The minimum Gasteiger partial charge on any atom is -0.490 e. The van der Waals surface area contributed by atoms with Crippen molar-refractivity contribution >= 4 is 0 Å². The van der Waals surface area contributed by atoms with E-state index in [0.717, 1.165) is 36.3 Å². The first-order valence-electron chi connectivity index (χ1n) is 7.13. The van der Waals surface area contributed by atoms with Crippen molar-refractivity contribution in [2.75, 3.05) is 20.3 Å². The molecule has 0 saturated carbocycles. The molecule has 0 bridgehead atoms. The maximum atomic E-state index is 5.71.